The maximum atomic E-state index is 2.35. The SMILES string of the molecule is CCC(PC(CC)N(C)C)N(C)C. The van der Waals surface area contributed by atoms with Crippen molar-refractivity contribution in [3.63, 3.8) is 0 Å². The van der Waals surface area contributed by atoms with Crippen molar-refractivity contribution in [2.24, 2.45) is 0 Å². The molecule has 0 aliphatic rings. The number of rotatable bonds is 6. The molecule has 0 amide bonds. The van der Waals surface area contributed by atoms with Gasteiger partial charge in [-0.25, -0.2) is 0 Å². The summed E-state index contributed by atoms with van der Waals surface area (Å²) in [6.07, 6.45) is 2.52. The van der Waals surface area contributed by atoms with E-state index < -0.39 is 0 Å². The first-order valence-electron chi connectivity index (χ1n) is 5.11. The first kappa shape index (κ1) is 13.4. The van der Waals surface area contributed by atoms with Gasteiger partial charge in [-0.3, -0.25) is 0 Å². The Balaban J connectivity index is 4.03. The van der Waals surface area contributed by atoms with E-state index in [1.54, 1.807) is 0 Å². The molecule has 0 rings (SSSR count). The summed E-state index contributed by atoms with van der Waals surface area (Å²) >= 11 is 0. The minimum atomic E-state index is 0.757. The van der Waals surface area contributed by atoms with Crippen LogP contribution in [0.2, 0.25) is 0 Å². The minimum absolute atomic E-state index is 0.757. The average molecular weight is 204 g/mol. The molecule has 0 saturated carbocycles. The van der Waals surface area contributed by atoms with Gasteiger partial charge in [0.25, 0.3) is 0 Å². The molecule has 0 spiro atoms. The summed E-state index contributed by atoms with van der Waals surface area (Å²) in [4.78, 5) is 4.70. The summed E-state index contributed by atoms with van der Waals surface area (Å²) < 4.78 is 0. The number of nitrogens with zero attached hydrogens (tertiary/aromatic N) is 2. The van der Waals surface area contributed by atoms with E-state index in [1.165, 1.54) is 12.8 Å². The minimum Gasteiger partial charge on any atom is -0.303 e. The summed E-state index contributed by atoms with van der Waals surface area (Å²) in [6.45, 7) is 4.56. The molecular formula is C10H25N2P. The van der Waals surface area contributed by atoms with Gasteiger partial charge in [0.15, 0.2) is 0 Å². The Hall–Kier alpha value is 0.350. The smallest absolute Gasteiger partial charge is 0.0274 e. The fraction of sp³-hybridized carbons (Fsp3) is 1.00. The summed E-state index contributed by atoms with van der Waals surface area (Å²) in [5.74, 6) is 1.51. The zero-order valence-corrected chi connectivity index (χ0v) is 11.0. The van der Waals surface area contributed by atoms with E-state index in [2.05, 4.69) is 51.8 Å². The van der Waals surface area contributed by atoms with Crippen LogP contribution in [-0.2, 0) is 0 Å². The molecular weight excluding hydrogens is 179 g/mol. The Labute approximate surface area is 85.5 Å². The van der Waals surface area contributed by atoms with Gasteiger partial charge >= 0.3 is 0 Å². The van der Waals surface area contributed by atoms with Crippen LogP contribution < -0.4 is 0 Å². The van der Waals surface area contributed by atoms with Gasteiger partial charge in [0.05, 0.1) is 0 Å². The third-order valence-corrected chi connectivity index (χ3v) is 5.02. The fourth-order valence-corrected chi connectivity index (χ4v) is 3.00. The molecule has 0 aromatic rings. The van der Waals surface area contributed by atoms with Gasteiger partial charge in [-0.15, -0.1) is 0 Å². The highest BCUT2D eigenvalue weighted by molar-refractivity contribution is 7.39. The summed E-state index contributed by atoms with van der Waals surface area (Å²) in [6, 6.07) is 0. The molecule has 0 heterocycles. The lowest BCUT2D eigenvalue weighted by molar-refractivity contribution is 0.343. The maximum Gasteiger partial charge on any atom is 0.0274 e. The maximum absolute atomic E-state index is 2.35. The lowest BCUT2D eigenvalue weighted by atomic mass is 10.4. The first-order chi connectivity index (χ1) is 6.02. The quantitative estimate of drug-likeness (QED) is 0.612. The van der Waals surface area contributed by atoms with Gasteiger partial charge in [0.2, 0.25) is 0 Å². The lowest BCUT2D eigenvalue weighted by Crippen LogP contribution is -2.30. The van der Waals surface area contributed by atoms with Crippen LogP contribution in [0.1, 0.15) is 26.7 Å². The molecule has 2 nitrogen and oxygen atoms in total. The molecule has 0 bridgehead atoms. The van der Waals surface area contributed by atoms with E-state index in [-0.39, 0.29) is 0 Å². The van der Waals surface area contributed by atoms with Gasteiger partial charge in [-0.05, 0) is 41.0 Å². The molecule has 3 heteroatoms. The van der Waals surface area contributed by atoms with Crippen molar-refractivity contribution in [2.75, 3.05) is 28.2 Å². The van der Waals surface area contributed by atoms with Crippen molar-refractivity contribution in [2.45, 2.75) is 38.3 Å². The fourth-order valence-electron chi connectivity index (χ4n) is 1.49. The highest BCUT2D eigenvalue weighted by atomic mass is 31.1. The normalized spacial score (nSPS) is 17.5. The Morgan fingerprint density at radius 1 is 0.846 bits per heavy atom. The molecule has 0 radical (unpaired) electrons. The highest BCUT2D eigenvalue weighted by Gasteiger charge is 2.16. The average Bonchev–Trinajstić information content (AvgIpc) is 2.05. The second-order valence-electron chi connectivity index (χ2n) is 3.94. The van der Waals surface area contributed by atoms with E-state index in [9.17, 15) is 0 Å². The summed E-state index contributed by atoms with van der Waals surface area (Å²) in [5, 5.41) is 0. The molecule has 0 fully saturated rings. The topological polar surface area (TPSA) is 6.48 Å². The van der Waals surface area contributed by atoms with Crippen molar-refractivity contribution in [1.29, 1.82) is 0 Å². The molecule has 0 N–H and O–H groups in total. The second kappa shape index (κ2) is 6.75. The van der Waals surface area contributed by atoms with Gasteiger partial charge in [0, 0.05) is 11.6 Å². The Bertz CT molecular complexity index is 112. The standard InChI is InChI=1S/C10H25N2P/c1-7-9(11(3)4)13-10(8-2)12(5)6/h9-10,13H,7-8H2,1-6H3. The van der Waals surface area contributed by atoms with Crippen LogP contribution in [0.25, 0.3) is 0 Å². The van der Waals surface area contributed by atoms with Gasteiger partial charge < -0.3 is 9.80 Å². The van der Waals surface area contributed by atoms with Crippen LogP contribution in [0.15, 0.2) is 0 Å². The zero-order chi connectivity index (χ0) is 10.4. The molecule has 13 heavy (non-hydrogen) atoms. The third-order valence-electron chi connectivity index (χ3n) is 2.40. The van der Waals surface area contributed by atoms with Crippen molar-refractivity contribution in [3.05, 3.63) is 0 Å². The van der Waals surface area contributed by atoms with E-state index in [0.717, 1.165) is 20.1 Å². The Morgan fingerprint density at radius 3 is 1.31 bits per heavy atom. The number of hydrogen-bond donors (Lipinski definition) is 0. The molecule has 0 aliphatic heterocycles. The van der Waals surface area contributed by atoms with Crippen LogP contribution in [0.4, 0.5) is 0 Å². The van der Waals surface area contributed by atoms with E-state index in [0.29, 0.717) is 0 Å². The molecule has 0 aromatic heterocycles. The predicted octanol–water partition coefficient (Wildman–Crippen LogP) is 2.26. The van der Waals surface area contributed by atoms with Crippen molar-refractivity contribution < 1.29 is 0 Å². The molecule has 2 atom stereocenters. The van der Waals surface area contributed by atoms with Crippen LogP contribution in [0.3, 0.4) is 0 Å². The summed E-state index contributed by atoms with van der Waals surface area (Å²) in [5.41, 5.74) is 0. The van der Waals surface area contributed by atoms with Crippen LogP contribution in [-0.4, -0.2) is 49.6 Å². The highest BCUT2D eigenvalue weighted by Crippen LogP contribution is 2.32. The van der Waals surface area contributed by atoms with Crippen LogP contribution >= 0.6 is 8.58 Å². The van der Waals surface area contributed by atoms with Gasteiger partial charge in [0.1, 0.15) is 0 Å². The largest absolute Gasteiger partial charge is 0.303 e. The molecule has 2 unspecified atom stereocenters. The van der Waals surface area contributed by atoms with Crippen molar-refractivity contribution in [1.82, 2.24) is 9.80 Å². The van der Waals surface area contributed by atoms with Crippen LogP contribution in [0, 0.1) is 0 Å². The third kappa shape index (κ3) is 4.95. The van der Waals surface area contributed by atoms with E-state index in [4.69, 9.17) is 0 Å². The molecule has 0 saturated heterocycles. The van der Waals surface area contributed by atoms with Crippen LogP contribution in [0.5, 0.6) is 0 Å². The van der Waals surface area contributed by atoms with Crippen molar-refractivity contribution >= 4 is 8.58 Å². The van der Waals surface area contributed by atoms with E-state index >= 15 is 0 Å². The van der Waals surface area contributed by atoms with Crippen molar-refractivity contribution in [3.8, 4) is 0 Å². The molecule has 80 valence electrons. The van der Waals surface area contributed by atoms with E-state index in [1.807, 2.05) is 0 Å². The predicted molar refractivity (Wildman–Crippen MR) is 63.8 cm³/mol. The Morgan fingerprint density at radius 2 is 1.15 bits per heavy atom. The number of hydrogen-bond acceptors (Lipinski definition) is 2. The summed E-state index contributed by atoms with van der Waals surface area (Å²) in [7, 11) is 9.76. The molecule has 0 aliphatic carbocycles. The van der Waals surface area contributed by atoms with Gasteiger partial charge in [-0.1, -0.05) is 22.4 Å². The lowest BCUT2D eigenvalue weighted by Gasteiger charge is -2.30. The Kier molecular flexibility index (Phi) is 6.93. The monoisotopic (exact) mass is 204 g/mol. The van der Waals surface area contributed by atoms with Gasteiger partial charge in [-0.2, -0.15) is 0 Å². The second-order valence-corrected chi connectivity index (χ2v) is 5.61. The first-order valence-corrected chi connectivity index (χ1v) is 6.27. The zero-order valence-electron chi connectivity index (χ0n) is 9.96. The molecule has 0 aromatic carbocycles.